The van der Waals surface area contributed by atoms with E-state index >= 15 is 0 Å². The molecule has 0 amide bonds. The number of hydrogen-bond acceptors (Lipinski definition) is 9. The highest BCUT2D eigenvalue weighted by Crippen LogP contribution is 2.33. The molecule has 2 fully saturated rings. The number of aliphatic hydroxyl groups is 3. The second-order valence-corrected chi connectivity index (χ2v) is 12.3. The van der Waals surface area contributed by atoms with Gasteiger partial charge in [0.05, 0.1) is 19.3 Å². The first-order chi connectivity index (χ1) is 14.2. The third-order valence-corrected chi connectivity index (χ3v) is 8.66. The molecule has 30 heavy (non-hydrogen) atoms. The van der Waals surface area contributed by atoms with Crippen molar-refractivity contribution in [2.75, 3.05) is 38.6 Å². The number of fused-ring (bicyclic) bond motifs is 2. The van der Waals surface area contributed by atoms with Gasteiger partial charge in [0, 0.05) is 36.7 Å². The van der Waals surface area contributed by atoms with Gasteiger partial charge >= 0.3 is 0 Å². The molecular formula is C20H36N2O6S2. The number of rotatable bonds is 4. The molecular weight excluding hydrogens is 428 g/mol. The molecule has 3 rings (SSSR count). The molecule has 0 aromatic carbocycles. The van der Waals surface area contributed by atoms with Gasteiger partial charge in [-0.15, -0.1) is 16.5 Å². The first-order valence-electron chi connectivity index (χ1n) is 10.6. The number of nitrogens with one attached hydrogen (secondary N) is 1. The van der Waals surface area contributed by atoms with Gasteiger partial charge < -0.3 is 29.3 Å². The van der Waals surface area contributed by atoms with E-state index in [9.17, 15) is 19.9 Å². The maximum atomic E-state index is 12.7. The van der Waals surface area contributed by atoms with Crippen molar-refractivity contribution in [3.63, 3.8) is 0 Å². The van der Waals surface area contributed by atoms with Crippen molar-refractivity contribution in [1.82, 2.24) is 9.62 Å². The Balaban J connectivity index is 1.77. The van der Waals surface area contributed by atoms with Gasteiger partial charge in [-0.2, -0.15) is 0 Å². The molecule has 0 aromatic heterocycles. The lowest BCUT2D eigenvalue weighted by atomic mass is 9.93. The number of hydrogen-bond donors (Lipinski definition) is 4. The average molecular weight is 465 g/mol. The zero-order valence-electron chi connectivity index (χ0n) is 18.0. The van der Waals surface area contributed by atoms with E-state index in [-0.39, 0.29) is 5.92 Å². The minimum atomic E-state index is -1.37. The van der Waals surface area contributed by atoms with Crippen LogP contribution in [-0.4, -0.2) is 104 Å². The van der Waals surface area contributed by atoms with Crippen LogP contribution >= 0.6 is 11.8 Å². The molecule has 0 aliphatic carbocycles. The number of nitrogens with zero attached hydrogens (tertiary/aromatic N) is 1. The molecule has 0 spiro atoms. The van der Waals surface area contributed by atoms with E-state index in [4.69, 9.17) is 9.47 Å². The van der Waals surface area contributed by atoms with Crippen LogP contribution in [0.3, 0.4) is 0 Å². The van der Waals surface area contributed by atoms with Crippen LogP contribution in [0.25, 0.3) is 0 Å². The fourth-order valence-corrected chi connectivity index (χ4v) is 5.91. The molecule has 2 bridgehead atoms. The van der Waals surface area contributed by atoms with Crippen LogP contribution in [0.15, 0.2) is 12.2 Å². The molecule has 0 radical (unpaired) electrons. The number of morpholine rings is 1. The second-order valence-electron chi connectivity index (χ2n) is 9.22. The minimum Gasteiger partial charge on any atom is -0.598 e. The van der Waals surface area contributed by atoms with Crippen LogP contribution in [0.4, 0.5) is 0 Å². The highest BCUT2D eigenvalue weighted by molar-refractivity contribution is 7.99. The molecule has 174 valence electrons. The molecule has 3 heterocycles. The van der Waals surface area contributed by atoms with Gasteiger partial charge in [0.25, 0.3) is 0 Å². The highest BCUT2D eigenvalue weighted by atomic mass is 32.2. The van der Waals surface area contributed by atoms with Gasteiger partial charge in [-0.25, -0.2) is 0 Å². The summed E-state index contributed by atoms with van der Waals surface area (Å²) in [5.41, 5.74) is -0.653. The van der Waals surface area contributed by atoms with Gasteiger partial charge in [0.2, 0.25) is 0 Å². The molecule has 3 aliphatic rings. The molecule has 0 aromatic rings. The van der Waals surface area contributed by atoms with E-state index in [1.165, 1.54) is 11.8 Å². The molecule has 8 atom stereocenters. The van der Waals surface area contributed by atoms with Gasteiger partial charge in [0.15, 0.2) is 0 Å². The Morgan fingerprint density at radius 2 is 1.87 bits per heavy atom. The number of ether oxygens (including phenoxy) is 2. The van der Waals surface area contributed by atoms with Crippen LogP contribution in [0.2, 0.25) is 0 Å². The Bertz CT molecular complexity index is 572. The quantitative estimate of drug-likeness (QED) is 0.333. The zero-order chi connectivity index (χ0) is 21.9. The predicted octanol–water partition coefficient (Wildman–Crippen LogP) is -0.144. The van der Waals surface area contributed by atoms with E-state index in [1.54, 1.807) is 0 Å². The van der Waals surface area contributed by atoms with Crippen LogP contribution < -0.4 is 4.72 Å². The molecule has 8 nitrogen and oxygen atoms in total. The van der Waals surface area contributed by atoms with Crippen molar-refractivity contribution in [1.29, 1.82) is 0 Å². The van der Waals surface area contributed by atoms with Gasteiger partial charge in [-0.1, -0.05) is 12.2 Å². The summed E-state index contributed by atoms with van der Waals surface area (Å²) in [5.74, 6) is 0.982. The van der Waals surface area contributed by atoms with E-state index in [1.807, 2.05) is 20.8 Å². The molecule has 4 N–H and O–H groups in total. The van der Waals surface area contributed by atoms with Crippen LogP contribution in [-0.2, 0) is 20.8 Å². The fourth-order valence-electron chi connectivity index (χ4n) is 3.83. The van der Waals surface area contributed by atoms with E-state index in [0.717, 1.165) is 38.6 Å². The zero-order valence-corrected chi connectivity index (χ0v) is 19.6. The van der Waals surface area contributed by atoms with Crippen molar-refractivity contribution in [2.45, 2.75) is 67.8 Å². The van der Waals surface area contributed by atoms with Crippen molar-refractivity contribution in [3.05, 3.63) is 12.2 Å². The standard InChI is InChI=1S/C20H36N2O6S2/c1-20(2,3)30(26)21-14-6-4-5-13(11-22-7-9-27-10-8-22)12-29-19-17(25)15(23)16(24)18(14)28-19/h4-5,13-19,21,23-25H,6-12H2,1-3H3/b5-4+/t13?,14-,15?,16+,17-,18-,19?,30?/m1/s1. The van der Waals surface area contributed by atoms with E-state index in [0.29, 0.717) is 6.42 Å². The summed E-state index contributed by atoms with van der Waals surface area (Å²) in [4.78, 5) is 2.37. The summed E-state index contributed by atoms with van der Waals surface area (Å²) in [6, 6.07) is -0.455. The largest absolute Gasteiger partial charge is 0.598 e. The van der Waals surface area contributed by atoms with Gasteiger partial charge in [-0.3, -0.25) is 4.90 Å². The van der Waals surface area contributed by atoms with Crippen LogP contribution in [0, 0.1) is 5.92 Å². The maximum Gasteiger partial charge on any atom is 0.136 e. The lowest BCUT2D eigenvalue weighted by Gasteiger charge is -2.44. The summed E-state index contributed by atoms with van der Waals surface area (Å²) in [6.07, 6.45) is 0.210. The average Bonchev–Trinajstić information content (AvgIpc) is 2.70. The molecule has 0 saturated carbocycles. The Hall–Kier alpha value is 0.120. The maximum absolute atomic E-state index is 12.7. The smallest absolute Gasteiger partial charge is 0.136 e. The van der Waals surface area contributed by atoms with Crippen molar-refractivity contribution in [3.8, 4) is 0 Å². The molecule has 4 unspecified atom stereocenters. The predicted molar refractivity (Wildman–Crippen MR) is 118 cm³/mol. The third-order valence-electron chi connectivity index (χ3n) is 5.69. The van der Waals surface area contributed by atoms with Crippen LogP contribution in [0.1, 0.15) is 27.2 Å². The molecule has 3 aliphatic heterocycles. The third kappa shape index (κ3) is 6.34. The summed E-state index contributed by atoms with van der Waals surface area (Å²) in [7, 11) is 0. The van der Waals surface area contributed by atoms with Crippen molar-refractivity contribution < 1.29 is 29.3 Å². The highest BCUT2D eigenvalue weighted by Gasteiger charge is 2.48. The summed E-state index contributed by atoms with van der Waals surface area (Å²) in [5, 5.41) is 31.5. The van der Waals surface area contributed by atoms with E-state index < -0.39 is 52.0 Å². The van der Waals surface area contributed by atoms with Crippen molar-refractivity contribution >= 4 is 23.1 Å². The van der Waals surface area contributed by atoms with Crippen molar-refractivity contribution in [2.24, 2.45) is 5.92 Å². The normalized spacial score (nSPS) is 41.2. The lowest BCUT2D eigenvalue weighted by Crippen LogP contribution is -2.63. The number of thioether (sulfide) groups is 1. The number of aliphatic hydroxyl groups excluding tert-OH is 3. The monoisotopic (exact) mass is 464 g/mol. The molecule has 10 heteroatoms. The Kier molecular flexibility index (Phi) is 8.93. The molecule has 2 saturated heterocycles. The Morgan fingerprint density at radius 3 is 2.53 bits per heavy atom. The summed E-state index contributed by atoms with van der Waals surface area (Å²) >= 11 is 0.0908. The topological polar surface area (TPSA) is 117 Å². The SMILES string of the molecule is CC(C)(C)[S+]([O-])N[C@@H]1C/C=C/C(CN2CCOCC2)CSC2O[C@H]1[C@@H](O)C(O)[C@H]2O. The van der Waals surface area contributed by atoms with Gasteiger partial charge in [0.1, 0.15) is 34.6 Å². The fraction of sp³-hybridized carbons (Fsp3) is 0.900. The first kappa shape index (κ1) is 24.8. The summed E-state index contributed by atoms with van der Waals surface area (Å²) in [6.45, 7) is 9.80. The Labute approximate surface area is 186 Å². The lowest BCUT2D eigenvalue weighted by molar-refractivity contribution is -0.203. The van der Waals surface area contributed by atoms with Gasteiger partial charge in [-0.05, 0) is 33.1 Å². The van der Waals surface area contributed by atoms with E-state index in [2.05, 4.69) is 21.8 Å². The first-order valence-corrected chi connectivity index (χ1v) is 12.8. The second kappa shape index (κ2) is 10.8. The summed E-state index contributed by atoms with van der Waals surface area (Å²) < 4.78 is 26.8. The Morgan fingerprint density at radius 1 is 1.17 bits per heavy atom. The minimum absolute atomic E-state index is 0.248. The van der Waals surface area contributed by atoms with Crippen LogP contribution in [0.5, 0.6) is 0 Å².